The molecule has 9 heteroatoms. The maximum Gasteiger partial charge on any atom is 0.191 e. The van der Waals surface area contributed by atoms with Gasteiger partial charge in [0.1, 0.15) is 5.82 Å². The van der Waals surface area contributed by atoms with E-state index in [2.05, 4.69) is 37.8 Å². The van der Waals surface area contributed by atoms with E-state index >= 15 is 0 Å². The molecule has 0 bridgehead atoms. The Balaban J connectivity index is 1.66. The van der Waals surface area contributed by atoms with E-state index in [-0.39, 0.29) is 0 Å². The number of aryl methyl sites for hydroxylation is 1. The Hall–Kier alpha value is -1.57. The van der Waals surface area contributed by atoms with Crippen molar-refractivity contribution in [1.82, 2.24) is 20.6 Å². The third-order valence-corrected chi connectivity index (χ3v) is 4.51. The van der Waals surface area contributed by atoms with Gasteiger partial charge in [0.25, 0.3) is 0 Å². The van der Waals surface area contributed by atoms with Crippen molar-refractivity contribution in [3.05, 3.63) is 38.4 Å². The number of aliphatic imine (C=N–C) groups is 1. The average molecular weight is 387 g/mol. The number of nitrogens with one attached hydrogen (secondary N) is 3. The highest BCUT2D eigenvalue weighted by Crippen LogP contribution is 2.21. The second-order valence-electron chi connectivity index (χ2n) is 4.95. The minimum absolute atomic E-state index is 0.503. The molecule has 0 aromatic carbocycles. The summed E-state index contributed by atoms with van der Waals surface area (Å²) in [6, 6.07) is 1.66. The van der Waals surface area contributed by atoms with Gasteiger partial charge in [-0.1, -0.05) is 23.2 Å². The smallest absolute Gasteiger partial charge is 0.191 e. The Morgan fingerprint density at radius 1 is 1.17 bits per heavy atom. The molecule has 2 aromatic heterocycles. The topological polar surface area (TPSA) is 74.2 Å². The number of rotatable bonds is 7. The summed E-state index contributed by atoms with van der Waals surface area (Å²) < 4.78 is 0. The molecule has 130 valence electrons. The zero-order chi connectivity index (χ0) is 17.4. The molecule has 3 N–H and O–H groups in total. The van der Waals surface area contributed by atoms with Crippen LogP contribution in [0.5, 0.6) is 0 Å². The highest BCUT2D eigenvalue weighted by Gasteiger charge is 2.03. The van der Waals surface area contributed by atoms with Crippen molar-refractivity contribution in [3.63, 3.8) is 0 Å². The van der Waals surface area contributed by atoms with Gasteiger partial charge in [0.2, 0.25) is 0 Å². The van der Waals surface area contributed by atoms with Gasteiger partial charge < -0.3 is 16.0 Å². The monoisotopic (exact) mass is 386 g/mol. The van der Waals surface area contributed by atoms with E-state index < -0.39 is 0 Å². The van der Waals surface area contributed by atoms with E-state index in [9.17, 15) is 0 Å². The van der Waals surface area contributed by atoms with Gasteiger partial charge in [-0.05, 0) is 13.0 Å². The number of hydrogen-bond acceptors (Lipinski definition) is 5. The van der Waals surface area contributed by atoms with Crippen molar-refractivity contribution >= 4 is 46.3 Å². The van der Waals surface area contributed by atoms with E-state index in [1.807, 2.05) is 6.20 Å². The normalized spacial score (nSPS) is 11.4. The Morgan fingerprint density at radius 2 is 1.96 bits per heavy atom. The molecule has 0 spiro atoms. The highest BCUT2D eigenvalue weighted by molar-refractivity contribution is 7.11. The number of aromatic nitrogens is 2. The van der Waals surface area contributed by atoms with Crippen molar-refractivity contribution in [2.45, 2.75) is 13.3 Å². The molecule has 2 heterocycles. The lowest BCUT2D eigenvalue weighted by Crippen LogP contribution is -2.40. The minimum atomic E-state index is 0.503. The van der Waals surface area contributed by atoms with E-state index in [0.717, 1.165) is 23.9 Å². The van der Waals surface area contributed by atoms with Gasteiger partial charge in [0, 0.05) is 50.4 Å². The molecule has 0 saturated carbocycles. The van der Waals surface area contributed by atoms with Crippen LogP contribution in [0.25, 0.3) is 0 Å². The fourth-order valence-corrected chi connectivity index (χ4v) is 3.17. The van der Waals surface area contributed by atoms with Crippen molar-refractivity contribution in [1.29, 1.82) is 0 Å². The Bertz CT molecular complexity index is 688. The molecule has 0 radical (unpaired) electrons. The summed E-state index contributed by atoms with van der Waals surface area (Å²) in [4.78, 5) is 13.9. The zero-order valence-corrected chi connectivity index (χ0v) is 15.9. The molecule has 0 aliphatic rings. The van der Waals surface area contributed by atoms with Crippen LogP contribution >= 0.6 is 34.5 Å². The number of thiazole rings is 1. The standard InChI is InChI=1S/C15H20Cl2N6S/c1-10-8-22-13(24-10)3-4-20-15(18-2)21-6-5-19-14-12(17)7-11(16)9-23-14/h7-9H,3-6H2,1-2H3,(H,19,23)(H2,18,20,21). The summed E-state index contributed by atoms with van der Waals surface area (Å²) in [7, 11) is 1.74. The predicted octanol–water partition coefficient (Wildman–Crippen LogP) is 2.97. The van der Waals surface area contributed by atoms with Crippen molar-refractivity contribution in [3.8, 4) is 0 Å². The van der Waals surface area contributed by atoms with Gasteiger partial charge in [0.15, 0.2) is 5.96 Å². The zero-order valence-electron chi connectivity index (χ0n) is 13.6. The number of hydrogen-bond donors (Lipinski definition) is 3. The van der Waals surface area contributed by atoms with Crippen LogP contribution in [0.3, 0.4) is 0 Å². The SMILES string of the molecule is CN=C(NCCNc1ncc(Cl)cc1Cl)NCCc1ncc(C)s1. The first-order chi connectivity index (χ1) is 11.6. The third kappa shape index (κ3) is 6.14. The number of anilines is 1. The molecule has 0 aliphatic carbocycles. The fourth-order valence-electron chi connectivity index (χ4n) is 1.93. The van der Waals surface area contributed by atoms with Gasteiger partial charge in [-0.2, -0.15) is 0 Å². The predicted molar refractivity (Wildman–Crippen MR) is 103 cm³/mol. The van der Waals surface area contributed by atoms with E-state index in [0.29, 0.717) is 29.0 Å². The molecule has 0 saturated heterocycles. The first-order valence-electron chi connectivity index (χ1n) is 7.49. The Morgan fingerprint density at radius 3 is 2.62 bits per heavy atom. The van der Waals surface area contributed by atoms with Crippen molar-refractivity contribution in [2.75, 3.05) is 32.0 Å². The van der Waals surface area contributed by atoms with Gasteiger partial charge in [0.05, 0.1) is 15.1 Å². The molecule has 6 nitrogen and oxygen atoms in total. The van der Waals surface area contributed by atoms with Crippen LogP contribution < -0.4 is 16.0 Å². The minimum Gasteiger partial charge on any atom is -0.367 e. The van der Waals surface area contributed by atoms with Crippen LogP contribution in [-0.4, -0.2) is 42.6 Å². The molecule has 2 rings (SSSR count). The molecule has 0 atom stereocenters. The summed E-state index contributed by atoms with van der Waals surface area (Å²) in [5, 5.41) is 11.8. The quantitative estimate of drug-likeness (QED) is 0.387. The van der Waals surface area contributed by atoms with Gasteiger partial charge in [-0.3, -0.25) is 4.99 Å². The number of nitrogens with zero attached hydrogens (tertiary/aromatic N) is 3. The summed E-state index contributed by atoms with van der Waals surface area (Å²) in [6.07, 6.45) is 4.33. The van der Waals surface area contributed by atoms with Crippen LogP contribution in [0.4, 0.5) is 5.82 Å². The molecule has 2 aromatic rings. The van der Waals surface area contributed by atoms with E-state index in [1.54, 1.807) is 30.6 Å². The first-order valence-corrected chi connectivity index (χ1v) is 9.06. The maximum atomic E-state index is 6.06. The summed E-state index contributed by atoms with van der Waals surface area (Å²) >= 11 is 13.6. The van der Waals surface area contributed by atoms with Crippen molar-refractivity contribution in [2.24, 2.45) is 4.99 Å². The van der Waals surface area contributed by atoms with Crippen molar-refractivity contribution < 1.29 is 0 Å². The van der Waals surface area contributed by atoms with E-state index in [4.69, 9.17) is 23.2 Å². The number of guanidine groups is 1. The molecule has 0 amide bonds. The largest absolute Gasteiger partial charge is 0.367 e. The second-order valence-corrected chi connectivity index (χ2v) is 7.11. The lowest BCUT2D eigenvalue weighted by Gasteiger charge is -2.12. The van der Waals surface area contributed by atoms with Gasteiger partial charge >= 0.3 is 0 Å². The molecular formula is C15H20Cl2N6S. The van der Waals surface area contributed by atoms with Gasteiger partial charge in [-0.15, -0.1) is 11.3 Å². The molecular weight excluding hydrogens is 367 g/mol. The number of pyridine rings is 1. The van der Waals surface area contributed by atoms with Crippen LogP contribution in [-0.2, 0) is 6.42 Å². The summed E-state index contributed by atoms with van der Waals surface area (Å²) in [5.41, 5.74) is 0. The molecule has 0 aliphatic heterocycles. The number of halogens is 2. The summed E-state index contributed by atoms with van der Waals surface area (Å²) in [5.74, 6) is 1.37. The third-order valence-electron chi connectivity index (χ3n) is 3.04. The van der Waals surface area contributed by atoms with E-state index in [1.165, 1.54) is 4.88 Å². The first kappa shape index (κ1) is 18.8. The fraction of sp³-hybridized carbons (Fsp3) is 0.400. The van der Waals surface area contributed by atoms with Crippen LogP contribution in [0.2, 0.25) is 10.0 Å². The average Bonchev–Trinajstić information content (AvgIpc) is 2.96. The van der Waals surface area contributed by atoms with Crippen LogP contribution in [0.15, 0.2) is 23.5 Å². The van der Waals surface area contributed by atoms with Crippen LogP contribution in [0, 0.1) is 6.92 Å². The van der Waals surface area contributed by atoms with Crippen LogP contribution in [0.1, 0.15) is 9.88 Å². The Labute approximate surface area is 155 Å². The molecule has 0 unspecified atom stereocenters. The lowest BCUT2D eigenvalue weighted by atomic mass is 10.4. The highest BCUT2D eigenvalue weighted by atomic mass is 35.5. The second kappa shape index (κ2) is 9.66. The van der Waals surface area contributed by atoms with Gasteiger partial charge in [-0.25, -0.2) is 9.97 Å². The lowest BCUT2D eigenvalue weighted by molar-refractivity contribution is 0.794. The molecule has 0 fully saturated rings. The summed E-state index contributed by atoms with van der Waals surface area (Å²) in [6.45, 7) is 4.17. The molecule has 24 heavy (non-hydrogen) atoms. The maximum absolute atomic E-state index is 6.06. The Kier molecular flexibility index (Phi) is 7.55.